The Morgan fingerprint density at radius 2 is 0.812 bits per heavy atom. The Morgan fingerprint density at radius 3 is 1.48 bits per heavy atom. The Bertz CT molecular complexity index is 2530. The molecule has 0 aliphatic heterocycles. The number of nitrogens with zero attached hydrogens (tertiary/aromatic N) is 1. The molecular weight excluding hydrogens is 581 g/mol. The summed E-state index contributed by atoms with van der Waals surface area (Å²) >= 11 is 0. The number of anilines is 5. The van der Waals surface area contributed by atoms with Crippen LogP contribution in [0, 0.1) is 0 Å². The zero-order valence-electron chi connectivity index (χ0n) is 26.3. The first-order valence-corrected chi connectivity index (χ1v) is 16.4. The fourth-order valence-electron chi connectivity index (χ4n) is 7.05. The Kier molecular flexibility index (Phi) is 6.84. The van der Waals surface area contributed by atoms with Crippen LogP contribution in [0.15, 0.2) is 188 Å². The minimum absolute atomic E-state index is 1.07. The van der Waals surface area contributed by atoms with Gasteiger partial charge >= 0.3 is 0 Å². The minimum atomic E-state index is 1.07. The first kappa shape index (κ1) is 27.9. The molecular formula is C46H32N2. The molecule has 0 aromatic heterocycles. The number of para-hydroxylation sites is 2. The van der Waals surface area contributed by atoms with Crippen molar-refractivity contribution in [2.45, 2.75) is 0 Å². The van der Waals surface area contributed by atoms with E-state index in [9.17, 15) is 0 Å². The van der Waals surface area contributed by atoms with E-state index in [1.165, 1.54) is 54.2 Å². The van der Waals surface area contributed by atoms with E-state index in [-0.39, 0.29) is 0 Å². The van der Waals surface area contributed by atoms with E-state index in [0.29, 0.717) is 0 Å². The van der Waals surface area contributed by atoms with Crippen molar-refractivity contribution in [3.63, 3.8) is 0 Å². The quantitative estimate of drug-likeness (QED) is 0.148. The molecule has 0 aliphatic carbocycles. The zero-order chi connectivity index (χ0) is 31.9. The summed E-state index contributed by atoms with van der Waals surface area (Å²) in [5, 5.41) is 13.4. The van der Waals surface area contributed by atoms with Crippen molar-refractivity contribution in [2.24, 2.45) is 0 Å². The van der Waals surface area contributed by atoms with Crippen molar-refractivity contribution in [2.75, 3.05) is 10.2 Å². The molecule has 0 amide bonds. The highest BCUT2D eigenvalue weighted by atomic mass is 15.1. The molecule has 9 rings (SSSR count). The summed E-state index contributed by atoms with van der Waals surface area (Å²) in [6, 6.07) is 67.6. The van der Waals surface area contributed by atoms with Gasteiger partial charge in [0.1, 0.15) is 0 Å². The van der Waals surface area contributed by atoms with Crippen molar-refractivity contribution >= 4 is 71.5 Å². The van der Waals surface area contributed by atoms with Gasteiger partial charge in [-0.3, -0.25) is 0 Å². The third-order valence-electron chi connectivity index (χ3n) is 9.35. The van der Waals surface area contributed by atoms with Crippen LogP contribution in [0.25, 0.3) is 54.2 Å². The molecule has 0 atom stereocenters. The molecule has 0 aliphatic rings. The predicted molar refractivity (Wildman–Crippen MR) is 206 cm³/mol. The largest absolute Gasteiger partial charge is 0.355 e. The topological polar surface area (TPSA) is 15.3 Å². The first-order chi connectivity index (χ1) is 23.8. The SMILES string of the molecule is c1ccc(Nc2c3ccccc3c(N(c3ccccc3)c3ccc4cc(-c5ccc6ccccc6c5)ccc4c3)c3ccccc23)cc1. The summed E-state index contributed by atoms with van der Waals surface area (Å²) in [6.45, 7) is 0. The van der Waals surface area contributed by atoms with E-state index in [1.54, 1.807) is 0 Å². The lowest BCUT2D eigenvalue weighted by molar-refractivity contribution is 1.32. The van der Waals surface area contributed by atoms with E-state index >= 15 is 0 Å². The van der Waals surface area contributed by atoms with Crippen molar-refractivity contribution in [1.82, 2.24) is 0 Å². The highest BCUT2D eigenvalue weighted by Gasteiger charge is 2.21. The minimum Gasteiger partial charge on any atom is -0.355 e. The molecule has 1 N–H and O–H groups in total. The number of benzene rings is 9. The first-order valence-electron chi connectivity index (χ1n) is 16.4. The van der Waals surface area contributed by atoms with Gasteiger partial charge < -0.3 is 10.2 Å². The number of rotatable bonds is 6. The zero-order valence-corrected chi connectivity index (χ0v) is 26.3. The maximum Gasteiger partial charge on any atom is 0.0619 e. The van der Waals surface area contributed by atoms with Gasteiger partial charge in [-0.05, 0) is 81.2 Å². The molecule has 0 bridgehead atoms. The highest BCUT2D eigenvalue weighted by Crippen LogP contribution is 2.48. The molecule has 2 nitrogen and oxygen atoms in total. The molecule has 0 radical (unpaired) electrons. The van der Waals surface area contributed by atoms with Gasteiger partial charge in [0, 0.05) is 38.6 Å². The van der Waals surface area contributed by atoms with Crippen molar-refractivity contribution in [3.8, 4) is 11.1 Å². The lowest BCUT2D eigenvalue weighted by atomic mass is 9.96. The van der Waals surface area contributed by atoms with Crippen LogP contribution in [-0.4, -0.2) is 0 Å². The predicted octanol–water partition coefficient (Wildman–Crippen LogP) is 13.2. The van der Waals surface area contributed by atoms with Crippen LogP contribution in [0.1, 0.15) is 0 Å². The van der Waals surface area contributed by atoms with Gasteiger partial charge in [-0.25, -0.2) is 0 Å². The Morgan fingerprint density at radius 1 is 0.333 bits per heavy atom. The van der Waals surface area contributed by atoms with Crippen molar-refractivity contribution < 1.29 is 0 Å². The number of hydrogen-bond donors (Lipinski definition) is 1. The number of nitrogens with one attached hydrogen (secondary N) is 1. The Labute approximate surface area is 280 Å². The molecule has 226 valence electrons. The molecule has 9 aromatic carbocycles. The molecule has 0 spiro atoms. The summed E-state index contributed by atoms with van der Waals surface area (Å²) < 4.78 is 0. The van der Waals surface area contributed by atoms with E-state index < -0.39 is 0 Å². The molecule has 0 unspecified atom stereocenters. The Balaban J connectivity index is 1.23. The van der Waals surface area contributed by atoms with E-state index in [1.807, 2.05) is 0 Å². The summed E-state index contributed by atoms with van der Waals surface area (Å²) in [6.07, 6.45) is 0. The molecule has 0 saturated heterocycles. The van der Waals surface area contributed by atoms with Crippen molar-refractivity contribution in [3.05, 3.63) is 188 Å². The van der Waals surface area contributed by atoms with Crippen LogP contribution in [0.5, 0.6) is 0 Å². The van der Waals surface area contributed by atoms with Crippen molar-refractivity contribution in [1.29, 1.82) is 0 Å². The molecule has 0 fully saturated rings. The standard InChI is InChI=1S/C46H32N2/c1-3-15-38(16-4-1)47-45-41-19-9-11-21-43(41)46(44-22-12-10-20-42(44)45)48(39-17-5-2-6-18-39)40-28-27-36-30-35(25-26-37(36)31-40)34-24-23-32-13-7-8-14-33(32)29-34/h1-31,47H. The van der Waals surface area contributed by atoms with Crippen LogP contribution >= 0.6 is 0 Å². The maximum absolute atomic E-state index is 3.77. The monoisotopic (exact) mass is 612 g/mol. The fraction of sp³-hybridized carbons (Fsp3) is 0. The lowest BCUT2D eigenvalue weighted by Gasteiger charge is -2.30. The van der Waals surface area contributed by atoms with Crippen LogP contribution in [0.3, 0.4) is 0 Å². The number of hydrogen-bond acceptors (Lipinski definition) is 2. The van der Waals surface area contributed by atoms with Gasteiger partial charge in [0.15, 0.2) is 0 Å². The normalized spacial score (nSPS) is 11.3. The van der Waals surface area contributed by atoms with E-state index in [2.05, 4.69) is 198 Å². The molecule has 0 heterocycles. The third kappa shape index (κ3) is 4.92. The molecule has 2 heteroatoms. The van der Waals surface area contributed by atoms with Gasteiger partial charge in [-0.2, -0.15) is 0 Å². The highest BCUT2D eigenvalue weighted by molar-refractivity contribution is 6.22. The van der Waals surface area contributed by atoms with Gasteiger partial charge in [0.25, 0.3) is 0 Å². The average molecular weight is 613 g/mol. The molecule has 48 heavy (non-hydrogen) atoms. The average Bonchev–Trinajstić information content (AvgIpc) is 3.16. The van der Waals surface area contributed by atoms with Crippen LogP contribution in [-0.2, 0) is 0 Å². The summed E-state index contributed by atoms with van der Waals surface area (Å²) in [7, 11) is 0. The molecule has 0 saturated carbocycles. The van der Waals surface area contributed by atoms with Gasteiger partial charge in [-0.1, -0.05) is 140 Å². The van der Waals surface area contributed by atoms with E-state index in [4.69, 9.17) is 0 Å². The third-order valence-corrected chi connectivity index (χ3v) is 9.35. The van der Waals surface area contributed by atoms with Gasteiger partial charge in [0.05, 0.1) is 11.4 Å². The van der Waals surface area contributed by atoms with E-state index in [0.717, 1.165) is 28.4 Å². The Hall–Kier alpha value is -6.38. The van der Waals surface area contributed by atoms with Gasteiger partial charge in [-0.15, -0.1) is 0 Å². The second-order valence-corrected chi connectivity index (χ2v) is 12.3. The van der Waals surface area contributed by atoms with Crippen LogP contribution in [0.2, 0.25) is 0 Å². The maximum atomic E-state index is 3.77. The molecule has 9 aromatic rings. The van der Waals surface area contributed by atoms with Crippen LogP contribution in [0.4, 0.5) is 28.4 Å². The summed E-state index contributed by atoms with van der Waals surface area (Å²) in [5.74, 6) is 0. The summed E-state index contributed by atoms with van der Waals surface area (Å²) in [4.78, 5) is 2.42. The van der Waals surface area contributed by atoms with Gasteiger partial charge in [0.2, 0.25) is 0 Å². The van der Waals surface area contributed by atoms with Crippen LogP contribution < -0.4 is 10.2 Å². The fourth-order valence-corrected chi connectivity index (χ4v) is 7.05. The number of fused-ring (bicyclic) bond motifs is 4. The summed E-state index contributed by atoms with van der Waals surface area (Å²) in [5.41, 5.74) is 8.03. The smallest absolute Gasteiger partial charge is 0.0619 e. The second kappa shape index (κ2) is 11.8. The lowest BCUT2D eigenvalue weighted by Crippen LogP contribution is -2.11. The second-order valence-electron chi connectivity index (χ2n) is 12.3.